The Hall–Kier alpha value is -0.530. The average molecular weight is 373 g/mol. The van der Waals surface area contributed by atoms with Gasteiger partial charge in [0.1, 0.15) is 0 Å². The maximum absolute atomic E-state index is 10.6. The first-order chi connectivity index (χ1) is 12.8. The molecule has 0 aromatic rings. The van der Waals surface area contributed by atoms with E-state index in [2.05, 4.69) is 27.7 Å². The van der Waals surface area contributed by atoms with Crippen molar-refractivity contribution in [2.75, 3.05) is 0 Å². The second-order valence-electron chi connectivity index (χ2n) is 11.7. The molecule has 27 heavy (non-hydrogen) atoms. The van der Waals surface area contributed by atoms with Crippen molar-refractivity contribution in [3.63, 3.8) is 0 Å². The van der Waals surface area contributed by atoms with Gasteiger partial charge in [-0.3, -0.25) is 4.79 Å². The van der Waals surface area contributed by atoms with Crippen LogP contribution in [0.4, 0.5) is 0 Å². The Morgan fingerprint density at radius 2 is 1.74 bits per heavy atom. The smallest absolute Gasteiger partial charge is 0.303 e. The Bertz CT molecular complexity index is 642. The largest absolute Gasteiger partial charge is 0.481 e. The number of unbranched alkanes of at least 4 members (excludes halogenated alkanes) is 4. The number of hydrogen-bond donors (Lipinski definition) is 1. The minimum absolute atomic E-state index is 0.351. The van der Waals surface area contributed by atoms with Crippen LogP contribution in [0.25, 0.3) is 0 Å². The molecule has 2 nitrogen and oxygen atoms in total. The minimum Gasteiger partial charge on any atom is -0.481 e. The molecule has 0 aliphatic heterocycles. The Morgan fingerprint density at radius 1 is 1.04 bits per heavy atom. The van der Waals surface area contributed by atoms with Crippen molar-refractivity contribution in [3.05, 3.63) is 0 Å². The summed E-state index contributed by atoms with van der Waals surface area (Å²) < 4.78 is 0. The van der Waals surface area contributed by atoms with Crippen LogP contribution < -0.4 is 0 Å². The average Bonchev–Trinajstić information content (AvgIpc) is 2.69. The van der Waals surface area contributed by atoms with Crippen LogP contribution in [0.3, 0.4) is 0 Å². The van der Waals surface area contributed by atoms with E-state index < -0.39 is 5.97 Å². The molecule has 1 N–H and O–H groups in total. The first kappa shape index (κ1) is 18.5. The maximum Gasteiger partial charge on any atom is 0.303 e. The monoisotopic (exact) mass is 372 g/mol. The highest BCUT2D eigenvalue weighted by Crippen LogP contribution is 2.95. The van der Waals surface area contributed by atoms with Gasteiger partial charge in [-0.2, -0.15) is 0 Å². The summed E-state index contributed by atoms with van der Waals surface area (Å²) in [4.78, 5) is 10.6. The van der Waals surface area contributed by atoms with Gasteiger partial charge < -0.3 is 5.11 Å². The van der Waals surface area contributed by atoms with Gasteiger partial charge in [0.2, 0.25) is 0 Å². The Kier molecular flexibility index (Phi) is 3.94. The van der Waals surface area contributed by atoms with Crippen molar-refractivity contribution < 1.29 is 9.90 Å². The number of carboxylic acid groups (broad SMARTS) is 1. The Labute approximate surface area is 165 Å². The molecule has 0 aromatic carbocycles. The van der Waals surface area contributed by atoms with E-state index in [1.54, 1.807) is 0 Å². The first-order valence-corrected chi connectivity index (χ1v) is 12.0. The molecule has 10 atom stereocenters. The molecule has 0 aromatic heterocycles. The van der Waals surface area contributed by atoms with E-state index in [9.17, 15) is 4.79 Å². The summed E-state index contributed by atoms with van der Waals surface area (Å²) in [5, 5.41) is 8.74. The van der Waals surface area contributed by atoms with E-state index in [0.717, 1.165) is 59.7 Å². The number of carboxylic acids is 1. The zero-order valence-corrected chi connectivity index (χ0v) is 18.0. The third kappa shape index (κ3) is 1.88. The van der Waals surface area contributed by atoms with Crippen LogP contribution in [0, 0.1) is 57.7 Å². The predicted molar refractivity (Wildman–Crippen MR) is 108 cm³/mol. The molecular formula is C25H40O2. The van der Waals surface area contributed by atoms with Crippen LogP contribution >= 0.6 is 0 Å². The first-order valence-electron chi connectivity index (χ1n) is 12.0. The third-order valence-corrected chi connectivity index (χ3v) is 11.7. The third-order valence-electron chi connectivity index (χ3n) is 11.7. The van der Waals surface area contributed by atoms with Gasteiger partial charge in [0.25, 0.3) is 0 Å². The van der Waals surface area contributed by atoms with Crippen molar-refractivity contribution in [2.45, 2.75) is 91.9 Å². The van der Waals surface area contributed by atoms with Crippen molar-refractivity contribution in [1.82, 2.24) is 0 Å². The van der Waals surface area contributed by atoms with Gasteiger partial charge in [0, 0.05) is 6.42 Å². The van der Waals surface area contributed by atoms with Gasteiger partial charge in [-0.25, -0.2) is 0 Å². The lowest BCUT2D eigenvalue weighted by Gasteiger charge is -2.83. The number of hydrogen-bond acceptors (Lipinski definition) is 1. The van der Waals surface area contributed by atoms with Crippen LogP contribution in [0.5, 0.6) is 0 Å². The fourth-order valence-corrected chi connectivity index (χ4v) is 10.6. The summed E-state index contributed by atoms with van der Waals surface area (Å²) in [6.07, 6.45) is 12.2. The van der Waals surface area contributed by atoms with Crippen molar-refractivity contribution in [1.29, 1.82) is 0 Å². The molecule has 0 heterocycles. The second kappa shape index (κ2) is 5.76. The van der Waals surface area contributed by atoms with E-state index in [1.807, 2.05) is 0 Å². The maximum atomic E-state index is 10.6. The highest BCUT2D eigenvalue weighted by molar-refractivity contribution is 5.66. The summed E-state index contributed by atoms with van der Waals surface area (Å²) in [5.74, 6) is 6.45. The van der Waals surface area contributed by atoms with E-state index in [0.29, 0.717) is 17.3 Å². The SMILES string of the molecule is C[C@@H]1[C@@H]2[C@@H]3[C@H]4CC[C@@]4([C@@H]1C)[C@]3(C)[C@]1(C)C[C@@H](CCCCCCCC(=O)O)[C@H]21. The lowest BCUT2D eigenvalue weighted by Crippen LogP contribution is -2.78. The van der Waals surface area contributed by atoms with Gasteiger partial charge in [-0.1, -0.05) is 59.8 Å². The Morgan fingerprint density at radius 3 is 2.41 bits per heavy atom. The van der Waals surface area contributed by atoms with Crippen LogP contribution in [-0.2, 0) is 4.79 Å². The summed E-state index contributed by atoms with van der Waals surface area (Å²) in [5.41, 5.74) is 2.04. The standard InChI is InChI=1S/C25H40O2/c1-15-16(2)25-13-12-18(25)22-20(15)21-17(14-23(21,3)24(22,25)4)10-8-6-5-7-9-11-19(26)27/h15-18,20-22H,5-14H2,1-4H3,(H,26,27)/t15-,16+,17+,18+,20-,21+,22-,23+,24-,25-/m0/s1. The quantitative estimate of drug-likeness (QED) is 0.501. The van der Waals surface area contributed by atoms with E-state index in [-0.39, 0.29) is 0 Å². The van der Waals surface area contributed by atoms with Gasteiger partial charge in [0.15, 0.2) is 0 Å². The molecular weight excluding hydrogens is 332 g/mol. The molecule has 6 aliphatic rings. The molecule has 6 aliphatic carbocycles. The van der Waals surface area contributed by atoms with Gasteiger partial charge in [-0.15, -0.1) is 0 Å². The number of carbonyl (C=O) groups is 1. The summed E-state index contributed by atoms with van der Waals surface area (Å²) in [7, 11) is 0. The van der Waals surface area contributed by atoms with E-state index in [4.69, 9.17) is 5.11 Å². The molecule has 152 valence electrons. The molecule has 0 amide bonds. The van der Waals surface area contributed by atoms with Crippen LogP contribution in [0.1, 0.15) is 91.9 Å². The molecule has 6 saturated carbocycles. The topological polar surface area (TPSA) is 37.3 Å². The van der Waals surface area contributed by atoms with E-state index >= 15 is 0 Å². The fraction of sp³-hybridized carbons (Fsp3) is 0.960. The molecule has 0 radical (unpaired) electrons. The normalized spacial score (nSPS) is 56.4. The summed E-state index contributed by atoms with van der Waals surface area (Å²) >= 11 is 0. The predicted octanol–water partition coefficient (Wildman–Crippen LogP) is 6.39. The molecule has 0 saturated heterocycles. The summed E-state index contributed by atoms with van der Waals surface area (Å²) in [6.45, 7) is 10.7. The Balaban J connectivity index is 1.21. The van der Waals surface area contributed by atoms with Crippen molar-refractivity contribution in [2.24, 2.45) is 57.7 Å². The van der Waals surface area contributed by atoms with Crippen molar-refractivity contribution in [3.8, 4) is 0 Å². The molecule has 6 fully saturated rings. The second-order valence-corrected chi connectivity index (χ2v) is 11.7. The number of rotatable bonds is 8. The molecule has 0 unspecified atom stereocenters. The van der Waals surface area contributed by atoms with Crippen molar-refractivity contribution >= 4 is 5.97 Å². The lowest BCUT2D eigenvalue weighted by molar-refractivity contribution is -0.355. The van der Waals surface area contributed by atoms with Gasteiger partial charge in [-0.05, 0) is 83.4 Å². The molecule has 2 heteroatoms. The van der Waals surface area contributed by atoms with E-state index in [1.165, 1.54) is 44.9 Å². The minimum atomic E-state index is -0.639. The lowest BCUT2D eigenvalue weighted by atomic mass is 9.21. The van der Waals surface area contributed by atoms with Crippen LogP contribution in [0.2, 0.25) is 0 Å². The highest BCUT2D eigenvalue weighted by atomic mass is 16.4. The highest BCUT2D eigenvalue weighted by Gasteiger charge is 2.90. The molecule has 4 bridgehead atoms. The summed E-state index contributed by atoms with van der Waals surface area (Å²) in [6, 6.07) is 0. The zero-order valence-electron chi connectivity index (χ0n) is 18.0. The molecule has 1 spiro atoms. The van der Waals surface area contributed by atoms with Crippen LogP contribution in [-0.4, -0.2) is 11.1 Å². The van der Waals surface area contributed by atoms with Crippen LogP contribution in [0.15, 0.2) is 0 Å². The number of fused-ring (bicyclic) bond motifs is 2. The van der Waals surface area contributed by atoms with Gasteiger partial charge >= 0.3 is 5.97 Å². The molecule has 6 rings (SSSR count). The number of aliphatic carboxylic acids is 1. The van der Waals surface area contributed by atoms with Gasteiger partial charge in [0.05, 0.1) is 0 Å². The fourth-order valence-electron chi connectivity index (χ4n) is 10.6. The zero-order chi connectivity index (χ0) is 19.2.